The Balaban J connectivity index is 2.01. The number of carbonyl (C=O) groups is 1. The molecule has 1 N–H and O–H groups in total. The fraction of sp³-hybridized carbons (Fsp3) is 0.312. The summed E-state index contributed by atoms with van der Waals surface area (Å²) in [4.78, 5) is 12.1. The minimum Gasteiger partial charge on any atom is -0.325 e. The summed E-state index contributed by atoms with van der Waals surface area (Å²) in [5, 5.41) is 2.70. The van der Waals surface area contributed by atoms with Gasteiger partial charge in [-0.1, -0.05) is 37.6 Å². The van der Waals surface area contributed by atoms with Gasteiger partial charge in [-0.05, 0) is 35.7 Å². The molecule has 1 aromatic carbocycles. The van der Waals surface area contributed by atoms with Crippen LogP contribution in [0.1, 0.15) is 25.3 Å². The number of hydrogen-bond donors (Lipinski definition) is 1. The second-order valence-electron chi connectivity index (χ2n) is 5.64. The van der Waals surface area contributed by atoms with E-state index in [-0.39, 0.29) is 10.8 Å². The zero-order chi connectivity index (χ0) is 17.9. The van der Waals surface area contributed by atoms with Crippen LogP contribution < -0.4 is 5.32 Å². The third-order valence-electron chi connectivity index (χ3n) is 3.44. The zero-order valence-electron chi connectivity index (χ0n) is 13.6. The van der Waals surface area contributed by atoms with E-state index < -0.39 is 15.9 Å². The summed E-state index contributed by atoms with van der Waals surface area (Å²) in [7, 11) is -2.35. The fourth-order valence-corrected chi connectivity index (χ4v) is 4.85. The van der Waals surface area contributed by atoms with Crippen LogP contribution in [0.15, 0.2) is 40.6 Å². The highest BCUT2D eigenvalue weighted by atomic mass is 35.5. The highest BCUT2D eigenvalue weighted by Crippen LogP contribution is 2.27. The molecule has 8 heteroatoms. The Hall–Kier alpha value is -1.41. The first-order valence-corrected chi connectivity index (χ1v) is 9.95. The lowest BCUT2D eigenvalue weighted by Crippen LogP contribution is -2.34. The van der Waals surface area contributed by atoms with Gasteiger partial charge in [0.1, 0.15) is 4.21 Å². The molecule has 0 bridgehead atoms. The zero-order valence-corrected chi connectivity index (χ0v) is 16.0. The van der Waals surface area contributed by atoms with Crippen LogP contribution in [-0.2, 0) is 14.8 Å². The minimum atomic E-state index is -3.72. The number of carbonyl (C=O) groups excluding carboxylic acids is 1. The van der Waals surface area contributed by atoms with E-state index in [0.29, 0.717) is 15.9 Å². The molecule has 0 aliphatic heterocycles. The molecule has 0 saturated carbocycles. The van der Waals surface area contributed by atoms with E-state index in [1.54, 1.807) is 12.1 Å². The van der Waals surface area contributed by atoms with Crippen molar-refractivity contribution < 1.29 is 13.2 Å². The van der Waals surface area contributed by atoms with Crippen molar-refractivity contribution in [1.29, 1.82) is 0 Å². The van der Waals surface area contributed by atoms with E-state index in [2.05, 4.69) is 19.2 Å². The summed E-state index contributed by atoms with van der Waals surface area (Å²) in [5.41, 5.74) is 1.80. The molecule has 24 heavy (non-hydrogen) atoms. The minimum absolute atomic E-state index is 0.115. The lowest BCUT2D eigenvalue weighted by molar-refractivity contribution is -0.116. The van der Waals surface area contributed by atoms with Gasteiger partial charge in [-0.2, -0.15) is 4.31 Å². The first-order chi connectivity index (χ1) is 11.2. The average Bonchev–Trinajstić information content (AvgIpc) is 2.95. The van der Waals surface area contributed by atoms with Crippen LogP contribution in [0.3, 0.4) is 0 Å². The van der Waals surface area contributed by atoms with E-state index >= 15 is 0 Å². The Morgan fingerprint density at radius 2 is 1.83 bits per heavy atom. The third-order valence-corrected chi connectivity index (χ3v) is 6.94. The van der Waals surface area contributed by atoms with Gasteiger partial charge in [0, 0.05) is 12.7 Å². The molecule has 5 nitrogen and oxygen atoms in total. The summed E-state index contributed by atoms with van der Waals surface area (Å²) >= 11 is 6.74. The van der Waals surface area contributed by atoms with Gasteiger partial charge in [0.15, 0.2) is 0 Å². The predicted octanol–water partition coefficient (Wildman–Crippen LogP) is 3.78. The second-order valence-corrected chi connectivity index (χ2v) is 9.63. The predicted molar refractivity (Wildman–Crippen MR) is 98.3 cm³/mol. The van der Waals surface area contributed by atoms with Crippen molar-refractivity contribution >= 4 is 44.6 Å². The van der Waals surface area contributed by atoms with Crippen LogP contribution in [0, 0.1) is 0 Å². The number of sulfonamides is 1. The molecule has 1 amide bonds. The smallest absolute Gasteiger partial charge is 0.252 e. The maximum absolute atomic E-state index is 12.4. The molecule has 2 rings (SSSR count). The SMILES string of the molecule is CC(C)c1ccc(NC(=O)CN(C)S(=O)(=O)c2ccc(Cl)s2)cc1. The van der Waals surface area contributed by atoms with Gasteiger partial charge < -0.3 is 5.32 Å². The largest absolute Gasteiger partial charge is 0.325 e. The summed E-state index contributed by atoms with van der Waals surface area (Å²) in [6, 6.07) is 10.4. The molecule has 130 valence electrons. The number of nitrogens with one attached hydrogen (secondary N) is 1. The number of likely N-dealkylation sites (N-methyl/N-ethyl adjacent to an activating group) is 1. The van der Waals surface area contributed by atoms with Crippen molar-refractivity contribution in [2.24, 2.45) is 0 Å². The quantitative estimate of drug-likeness (QED) is 0.821. The second kappa shape index (κ2) is 7.65. The topological polar surface area (TPSA) is 66.5 Å². The summed E-state index contributed by atoms with van der Waals surface area (Å²) in [6.07, 6.45) is 0. The van der Waals surface area contributed by atoms with Crippen LogP contribution in [0.4, 0.5) is 5.69 Å². The van der Waals surface area contributed by atoms with Gasteiger partial charge in [0.2, 0.25) is 5.91 Å². The molecule has 2 aromatic rings. The Labute approximate surface area is 151 Å². The Kier molecular flexibility index (Phi) is 6.03. The first-order valence-electron chi connectivity index (χ1n) is 7.31. The van der Waals surface area contributed by atoms with E-state index in [9.17, 15) is 13.2 Å². The van der Waals surface area contributed by atoms with Crippen molar-refractivity contribution in [1.82, 2.24) is 4.31 Å². The monoisotopic (exact) mass is 386 g/mol. The van der Waals surface area contributed by atoms with Crippen molar-refractivity contribution in [3.05, 3.63) is 46.3 Å². The number of nitrogens with zero attached hydrogens (tertiary/aromatic N) is 1. The molecule has 0 fully saturated rings. The number of hydrogen-bond acceptors (Lipinski definition) is 4. The normalized spacial score (nSPS) is 11.9. The molecule has 0 atom stereocenters. The van der Waals surface area contributed by atoms with Gasteiger partial charge in [0.05, 0.1) is 10.9 Å². The molecular weight excluding hydrogens is 368 g/mol. The number of rotatable bonds is 6. The van der Waals surface area contributed by atoms with E-state index in [4.69, 9.17) is 11.6 Å². The fourth-order valence-electron chi connectivity index (χ4n) is 2.03. The standard InChI is InChI=1S/C16H19ClN2O3S2/c1-11(2)12-4-6-13(7-5-12)18-15(20)10-19(3)24(21,22)16-9-8-14(17)23-16/h4-9,11H,10H2,1-3H3,(H,18,20). The molecule has 0 aliphatic rings. The Morgan fingerprint density at radius 1 is 1.21 bits per heavy atom. The maximum atomic E-state index is 12.4. The van der Waals surface area contributed by atoms with Crippen molar-refractivity contribution in [2.45, 2.75) is 24.0 Å². The molecule has 0 aliphatic carbocycles. The van der Waals surface area contributed by atoms with Crippen LogP contribution in [0.5, 0.6) is 0 Å². The molecular formula is C16H19ClN2O3S2. The van der Waals surface area contributed by atoms with Gasteiger partial charge in [0.25, 0.3) is 10.0 Å². The van der Waals surface area contributed by atoms with Crippen LogP contribution in [0.25, 0.3) is 0 Å². The van der Waals surface area contributed by atoms with E-state index in [0.717, 1.165) is 15.6 Å². The van der Waals surface area contributed by atoms with Gasteiger partial charge >= 0.3 is 0 Å². The van der Waals surface area contributed by atoms with Crippen LogP contribution in [-0.4, -0.2) is 32.2 Å². The van der Waals surface area contributed by atoms with Crippen molar-refractivity contribution in [3.63, 3.8) is 0 Å². The van der Waals surface area contributed by atoms with Gasteiger partial charge in [-0.15, -0.1) is 11.3 Å². The maximum Gasteiger partial charge on any atom is 0.252 e. The molecule has 0 radical (unpaired) electrons. The van der Waals surface area contributed by atoms with Gasteiger partial charge in [-0.25, -0.2) is 8.42 Å². The lowest BCUT2D eigenvalue weighted by Gasteiger charge is -2.16. The average molecular weight is 387 g/mol. The van der Waals surface area contributed by atoms with E-state index in [1.165, 1.54) is 24.7 Å². The van der Waals surface area contributed by atoms with E-state index in [1.807, 2.05) is 12.1 Å². The van der Waals surface area contributed by atoms with Crippen LogP contribution >= 0.6 is 22.9 Å². The highest BCUT2D eigenvalue weighted by molar-refractivity contribution is 7.91. The number of benzene rings is 1. The molecule has 0 saturated heterocycles. The summed E-state index contributed by atoms with van der Waals surface area (Å²) in [6.45, 7) is 3.90. The highest BCUT2D eigenvalue weighted by Gasteiger charge is 2.24. The Bertz CT molecular complexity index is 814. The van der Waals surface area contributed by atoms with Crippen molar-refractivity contribution in [3.8, 4) is 0 Å². The van der Waals surface area contributed by atoms with Crippen molar-refractivity contribution in [2.75, 3.05) is 18.9 Å². The Morgan fingerprint density at radius 3 is 2.33 bits per heavy atom. The molecule has 1 aromatic heterocycles. The first kappa shape index (κ1) is 18.9. The number of amides is 1. The summed E-state index contributed by atoms with van der Waals surface area (Å²) in [5.74, 6) is 0.00433. The van der Waals surface area contributed by atoms with Gasteiger partial charge in [-0.3, -0.25) is 4.79 Å². The summed E-state index contributed by atoms with van der Waals surface area (Å²) < 4.78 is 26.2. The number of anilines is 1. The van der Waals surface area contributed by atoms with Crippen LogP contribution in [0.2, 0.25) is 4.34 Å². The third kappa shape index (κ3) is 4.57. The molecule has 0 unspecified atom stereocenters. The lowest BCUT2D eigenvalue weighted by atomic mass is 10.0. The number of thiophene rings is 1. The molecule has 0 spiro atoms. The molecule has 1 heterocycles. The number of halogens is 1.